The normalized spacial score (nSPS) is 14.5. The van der Waals surface area contributed by atoms with E-state index in [1.165, 1.54) is 148 Å². The van der Waals surface area contributed by atoms with Crippen molar-refractivity contribution >= 4 is 13.7 Å². The number of aliphatic hydroxyl groups excluding tert-OH is 1. The Hall–Kier alpha value is -0.760. The zero-order valence-corrected chi connectivity index (χ0v) is 35.9. The number of hydrogen-bond donors (Lipinski definition) is 2. The van der Waals surface area contributed by atoms with Crippen molar-refractivity contribution < 1.29 is 32.9 Å². The van der Waals surface area contributed by atoms with Crippen LogP contribution in [0.25, 0.3) is 0 Å². The van der Waals surface area contributed by atoms with Crippen LogP contribution in [0, 0.1) is 0 Å². The first kappa shape index (κ1) is 51.2. The Morgan fingerprint density at radius 3 is 1.44 bits per heavy atom. The summed E-state index contributed by atoms with van der Waals surface area (Å²) in [6.07, 6.45) is 39.6. The maximum atomic E-state index is 12.8. The van der Waals surface area contributed by atoms with Gasteiger partial charge in [-0.2, -0.15) is 0 Å². The van der Waals surface area contributed by atoms with Gasteiger partial charge in [0.2, 0.25) is 5.91 Å². The fraction of sp³-hybridized carbons (Fsp3) is 0.930. The van der Waals surface area contributed by atoms with Gasteiger partial charge in [-0.25, -0.2) is 0 Å². The van der Waals surface area contributed by atoms with Gasteiger partial charge >= 0.3 is 0 Å². The predicted molar refractivity (Wildman–Crippen MR) is 219 cm³/mol. The molecule has 0 aromatic rings. The van der Waals surface area contributed by atoms with Gasteiger partial charge in [-0.15, -0.1) is 0 Å². The number of aliphatic hydroxyl groups is 1. The van der Waals surface area contributed by atoms with E-state index in [4.69, 9.17) is 9.05 Å². The van der Waals surface area contributed by atoms with Crippen molar-refractivity contribution in [3.63, 3.8) is 0 Å². The zero-order chi connectivity index (χ0) is 38.6. The average Bonchev–Trinajstić information content (AvgIpc) is 3.09. The van der Waals surface area contributed by atoms with E-state index >= 15 is 0 Å². The van der Waals surface area contributed by atoms with Gasteiger partial charge in [0, 0.05) is 6.42 Å². The highest BCUT2D eigenvalue weighted by Crippen LogP contribution is 2.38. The van der Waals surface area contributed by atoms with Crippen LogP contribution in [-0.2, 0) is 18.4 Å². The number of likely N-dealkylation sites (N-methyl/N-ethyl adjacent to an activating group) is 1. The summed E-state index contributed by atoms with van der Waals surface area (Å²) >= 11 is 0. The first-order chi connectivity index (χ1) is 25.0. The molecule has 0 fully saturated rings. The van der Waals surface area contributed by atoms with Crippen LogP contribution in [0.2, 0.25) is 0 Å². The molecule has 0 heterocycles. The van der Waals surface area contributed by atoms with Crippen molar-refractivity contribution in [2.45, 2.75) is 219 Å². The molecule has 0 aliphatic heterocycles. The van der Waals surface area contributed by atoms with E-state index in [-0.39, 0.29) is 19.1 Å². The Morgan fingerprint density at radius 2 is 1.04 bits per heavy atom. The quantitative estimate of drug-likeness (QED) is 0.0279. The van der Waals surface area contributed by atoms with E-state index in [0.717, 1.165) is 38.5 Å². The number of phosphoric acid groups is 1. The third-order valence-corrected chi connectivity index (χ3v) is 11.0. The number of quaternary nitrogens is 1. The number of nitrogens with zero attached hydrogens (tertiary/aromatic N) is 1. The molecule has 0 aliphatic carbocycles. The average molecular weight is 759 g/mol. The second-order valence-electron chi connectivity index (χ2n) is 16.4. The number of unbranched alkanes of at least 4 members (excludes halogenated alkanes) is 27. The van der Waals surface area contributed by atoms with Crippen molar-refractivity contribution in [1.29, 1.82) is 0 Å². The van der Waals surface area contributed by atoms with Gasteiger partial charge in [0.15, 0.2) is 0 Å². The highest BCUT2D eigenvalue weighted by atomic mass is 31.2. The molecule has 0 bridgehead atoms. The van der Waals surface area contributed by atoms with Gasteiger partial charge in [-0.05, 0) is 19.3 Å². The fourth-order valence-corrected chi connectivity index (χ4v) is 7.17. The van der Waals surface area contributed by atoms with Crippen LogP contribution in [-0.4, -0.2) is 68.5 Å². The summed E-state index contributed by atoms with van der Waals surface area (Å²) < 4.78 is 23.2. The third kappa shape index (κ3) is 37.6. The van der Waals surface area contributed by atoms with E-state index < -0.39 is 20.0 Å². The number of carbonyl (C=O) groups excluding carboxylic acids is 1. The summed E-state index contributed by atoms with van der Waals surface area (Å²) in [6, 6.07) is -0.879. The van der Waals surface area contributed by atoms with Crippen molar-refractivity contribution in [1.82, 2.24) is 5.32 Å². The SMILES string of the molecule is CCCCCCCCCCCCCC/C=C/[C@@H](O)[C@H](COP(=O)([O-])OCC[N+](C)(C)C)NC(=O)CCCCCCCCCCCCCCCCCC. The van der Waals surface area contributed by atoms with E-state index in [1.54, 1.807) is 6.08 Å². The lowest BCUT2D eigenvalue weighted by Gasteiger charge is -2.29. The largest absolute Gasteiger partial charge is 0.756 e. The molecule has 310 valence electrons. The molecule has 1 unspecified atom stereocenters. The van der Waals surface area contributed by atoms with Crippen LogP contribution in [0.15, 0.2) is 12.2 Å². The van der Waals surface area contributed by atoms with Crippen LogP contribution in [0.5, 0.6) is 0 Å². The van der Waals surface area contributed by atoms with Crippen LogP contribution >= 0.6 is 7.82 Å². The van der Waals surface area contributed by atoms with Crippen LogP contribution in [0.4, 0.5) is 0 Å². The predicted octanol–water partition coefficient (Wildman–Crippen LogP) is 11.3. The lowest BCUT2D eigenvalue weighted by Crippen LogP contribution is -2.45. The van der Waals surface area contributed by atoms with Crippen LogP contribution in [0.1, 0.15) is 206 Å². The van der Waals surface area contributed by atoms with Crippen molar-refractivity contribution in [2.24, 2.45) is 0 Å². The molecule has 0 aromatic carbocycles. The Labute approximate surface area is 322 Å². The maximum absolute atomic E-state index is 12.8. The molecular weight excluding hydrogens is 671 g/mol. The van der Waals surface area contributed by atoms with Crippen molar-refractivity contribution in [3.05, 3.63) is 12.2 Å². The van der Waals surface area contributed by atoms with Crippen LogP contribution < -0.4 is 10.2 Å². The van der Waals surface area contributed by atoms with Gasteiger partial charge in [-0.3, -0.25) is 9.36 Å². The minimum Gasteiger partial charge on any atom is -0.756 e. The monoisotopic (exact) mass is 759 g/mol. The molecule has 0 saturated carbocycles. The minimum absolute atomic E-state index is 0.00205. The van der Waals surface area contributed by atoms with E-state index in [2.05, 4.69) is 19.2 Å². The molecule has 0 radical (unpaired) electrons. The van der Waals surface area contributed by atoms with Gasteiger partial charge in [0.05, 0.1) is 39.9 Å². The maximum Gasteiger partial charge on any atom is 0.268 e. The molecular formula is C43H87N2O6P. The Kier molecular flexibility index (Phi) is 35.4. The highest BCUT2D eigenvalue weighted by molar-refractivity contribution is 7.45. The topological polar surface area (TPSA) is 108 Å². The summed E-state index contributed by atoms with van der Waals surface area (Å²) in [4.78, 5) is 25.3. The molecule has 3 atom stereocenters. The number of rotatable bonds is 40. The number of amides is 1. The highest BCUT2D eigenvalue weighted by Gasteiger charge is 2.23. The van der Waals surface area contributed by atoms with E-state index in [0.29, 0.717) is 17.4 Å². The molecule has 9 heteroatoms. The molecule has 0 aliphatic rings. The number of carbonyl (C=O) groups is 1. The second kappa shape index (κ2) is 35.9. The molecule has 0 aromatic heterocycles. The second-order valence-corrected chi connectivity index (χ2v) is 17.8. The van der Waals surface area contributed by atoms with Crippen molar-refractivity contribution in [3.8, 4) is 0 Å². The summed E-state index contributed by atoms with van der Waals surface area (Å²) in [5.74, 6) is -0.195. The lowest BCUT2D eigenvalue weighted by atomic mass is 10.0. The Balaban J connectivity index is 4.41. The summed E-state index contributed by atoms with van der Waals surface area (Å²) in [5, 5.41) is 13.8. The number of phosphoric ester groups is 1. The fourth-order valence-electron chi connectivity index (χ4n) is 6.45. The van der Waals surface area contributed by atoms with Gasteiger partial charge in [-0.1, -0.05) is 193 Å². The number of hydrogen-bond acceptors (Lipinski definition) is 6. The first-order valence-corrected chi connectivity index (χ1v) is 23.5. The standard InChI is InChI=1S/C43H87N2O6P/c1-6-8-10-12-14-16-18-20-22-23-25-27-29-31-33-35-37-43(47)44-41(40-51-52(48,49)50-39-38-45(3,4)5)42(46)36-34-32-30-28-26-24-21-19-17-15-13-11-9-7-2/h34,36,41-42,46H,6-33,35,37-40H2,1-5H3,(H-,44,47,48,49)/b36-34+/t41-,42+/m0/s1. The Morgan fingerprint density at radius 1 is 0.654 bits per heavy atom. The Bertz CT molecular complexity index is 865. The smallest absolute Gasteiger partial charge is 0.268 e. The lowest BCUT2D eigenvalue weighted by molar-refractivity contribution is -0.870. The number of nitrogens with one attached hydrogen (secondary N) is 1. The van der Waals surface area contributed by atoms with E-state index in [9.17, 15) is 19.4 Å². The van der Waals surface area contributed by atoms with Crippen LogP contribution in [0.3, 0.4) is 0 Å². The van der Waals surface area contributed by atoms with Gasteiger partial charge in [0.25, 0.3) is 7.82 Å². The third-order valence-electron chi connectivity index (χ3n) is 10.00. The molecule has 2 N–H and O–H groups in total. The van der Waals surface area contributed by atoms with E-state index in [1.807, 2.05) is 27.2 Å². The summed E-state index contributed by atoms with van der Waals surface area (Å²) in [7, 11) is 1.27. The molecule has 0 rings (SSSR count). The van der Waals surface area contributed by atoms with Gasteiger partial charge in [0.1, 0.15) is 13.2 Å². The summed E-state index contributed by atoms with van der Waals surface area (Å²) in [6.45, 7) is 4.65. The summed E-state index contributed by atoms with van der Waals surface area (Å²) in [5.41, 5.74) is 0. The first-order valence-electron chi connectivity index (χ1n) is 22.1. The van der Waals surface area contributed by atoms with Gasteiger partial charge < -0.3 is 28.8 Å². The molecule has 52 heavy (non-hydrogen) atoms. The molecule has 0 saturated heterocycles. The zero-order valence-electron chi connectivity index (χ0n) is 35.0. The minimum atomic E-state index is -4.58. The van der Waals surface area contributed by atoms with Crippen molar-refractivity contribution in [2.75, 3.05) is 40.9 Å². The molecule has 1 amide bonds. The number of allylic oxidation sites excluding steroid dienone is 1. The molecule has 0 spiro atoms. The molecule has 8 nitrogen and oxygen atoms in total.